The summed E-state index contributed by atoms with van der Waals surface area (Å²) in [4.78, 5) is 0.193. The van der Waals surface area contributed by atoms with Gasteiger partial charge < -0.3 is 0 Å². The molecule has 0 unspecified atom stereocenters. The molecule has 128 valence electrons. The molecule has 1 aromatic carbocycles. The van der Waals surface area contributed by atoms with Gasteiger partial charge >= 0.3 is 0 Å². The summed E-state index contributed by atoms with van der Waals surface area (Å²) in [6.45, 7) is 2.04. The molecule has 4 nitrogen and oxygen atoms in total. The number of sulfonamides is 1. The van der Waals surface area contributed by atoms with Gasteiger partial charge in [0.25, 0.3) is 0 Å². The molecule has 4 saturated carbocycles. The standard InChI is InChI=1S/C19H24N2O2S/c1-13(19-9-15-5-16(10-19)7-17(6-15)11-19)21-24(22,23)18-4-2-3-14(8-18)12-20/h2-4,8,13,15-17,21H,5-7,9-11H2,1H3/t13-,15?,16?,17?,19?/m1/s1. The zero-order valence-corrected chi connectivity index (χ0v) is 14.8. The Hall–Kier alpha value is -1.38. The minimum Gasteiger partial charge on any atom is -0.208 e. The van der Waals surface area contributed by atoms with E-state index < -0.39 is 10.0 Å². The van der Waals surface area contributed by atoms with Gasteiger partial charge in [-0.2, -0.15) is 5.26 Å². The highest BCUT2D eigenvalue weighted by molar-refractivity contribution is 7.89. The van der Waals surface area contributed by atoms with Crippen LogP contribution in [0.2, 0.25) is 0 Å². The molecule has 0 spiro atoms. The lowest BCUT2D eigenvalue weighted by Crippen LogP contribution is -2.55. The van der Waals surface area contributed by atoms with Crippen LogP contribution in [0.1, 0.15) is 51.0 Å². The van der Waals surface area contributed by atoms with Gasteiger partial charge in [-0.25, -0.2) is 13.1 Å². The summed E-state index contributed by atoms with van der Waals surface area (Å²) < 4.78 is 28.5. The summed E-state index contributed by atoms with van der Waals surface area (Å²) in [7, 11) is -3.59. The van der Waals surface area contributed by atoms with E-state index in [0.717, 1.165) is 17.8 Å². The smallest absolute Gasteiger partial charge is 0.208 e. The molecular weight excluding hydrogens is 320 g/mol. The normalized spacial score (nSPS) is 35.6. The largest absolute Gasteiger partial charge is 0.240 e. The fourth-order valence-corrected chi connectivity index (χ4v) is 7.26. The monoisotopic (exact) mass is 344 g/mol. The van der Waals surface area contributed by atoms with Crippen molar-refractivity contribution in [1.29, 1.82) is 5.26 Å². The first-order valence-electron chi connectivity index (χ1n) is 8.93. The van der Waals surface area contributed by atoms with Gasteiger partial charge in [-0.3, -0.25) is 0 Å². The molecule has 0 aromatic heterocycles. The van der Waals surface area contributed by atoms with Gasteiger partial charge in [-0.1, -0.05) is 6.07 Å². The van der Waals surface area contributed by atoms with Crippen LogP contribution in [0.15, 0.2) is 29.2 Å². The molecule has 1 N–H and O–H groups in total. The first-order chi connectivity index (χ1) is 11.4. The molecule has 0 aliphatic heterocycles. The second-order valence-corrected chi connectivity index (χ2v) is 9.98. The van der Waals surface area contributed by atoms with E-state index in [1.165, 1.54) is 44.6 Å². The number of rotatable bonds is 4. The van der Waals surface area contributed by atoms with E-state index in [-0.39, 0.29) is 16.4 Å². The summed E-state index contributed by atoms with van der Waals surface area (Å²) in [6, 6.07) is 8.23. The van der Waals surface area contributed by atoms with Crippen LogP contribution in [0.4, 0.5) is 0 Å². The molecule has 0 heterocycles. The highest BCUT2D eigenvalue weighted by atomic mass is 32.2. The second-order valence-electron chi connectivity index (χ2n) is 8.26. The van der Waals surface area contributed by atoms with E-state index in [1.54, 1.807) is 18.2 Å². The number of nitrogens with one attached hydrogen (secondary N) is 1. The highest BCUT2D eigenvalue weighted by Crippen LogP contribution is 2.61. The average molecular weight is 344 g/mol. The Morgan fingerprint density at radius 2 is 1.75 bits per heavy atom. The average Bonchev–Trinajstić information content (AvgIpc) is 2.53. The lowest BCUT2D eigenvalue weighted by Gasteiger charge is -2.59. The third-order valence-corrected chi connectivity index (χ3v) is 8.15. The van der Waals surface area contributed by atoms with Crippen molar-refractivity contribution in [3.8, 4) is 6.07 Å². The molecule has 1 atom stereocenters. The van der Waals surface area contributed by atoms with Gasteiger partial charge in [0.2, 0.25) is 10.0 Å². The van der Waals surface area contributed by atoms with Gasteiger partial charge in [-0.05, 0) is 86.8 Å². The molecule has 5 heteroatoms. The Morgan fingerprint density at radius 1 is 1.17 bits per heavy atom. The van der Waals surface area contributed by atoms with Crippen LogP contribution in [0.25, 0.3) is 0 Å². The third-order valence-electron chi connectivity index (χ3n) is 6.61. The van der Waals surface area contributed by atoms with Gasteiger partial charge in [0.1, 0.15) is 0 Å². The van der Waals surface area contributed by atoms with E-state index in [2.05, 4.69) is 4.72 Å². The van der Waals surface area contributed by atoms with Crippen LogP contribution in [-0.2, 0) is 10.0 Å². The maximum atomic E-state index is 12.8. The summed E-state index contributed by atoms with van der Waals surface area (Å²) in [5, 5.41) is 9.00. The van der Waals surface area contributed by atoms with Gasteiger partial charge in [0.15, 0.2) is 0 Å². The van der Waals surface area contributed by atoms with Crippen LogP contribution >= 0.6 is 0 Å². The number of benzene rings is 1. The van der Waals surface area contributed by atoms with E-state index in [4.69, 9.17) is 5.26 Å². The minimum absolute atomic E-state index is 0.0540. The molecule has 24 heavy (non-hydrogen) atoms. The van der Waals surface area contributed by atoms with E-state index in [0.29, 0.717) is 5.56 Å². The Balaban J connectivity index is 1.57. The maximum absolute atomic E-state index is 12.8. The minimum atomic E-state index is -3.59. The van der Waals surface area contributed by atoms with Crippen molar-refractivity contribution in [3.05, 3.63) is 29.8 Å². The lowest BCUT2D eigenvalue weighted by atomic mass is 9.48. The van der Waals surface area contributed by atoms with Crippen molar-refractivity contribution in [3.63, 3.8) is 0 Å². The van der Waals surface area contributed by atoms with Crippen LogP contribution in [0, 0.1) is 34.5 Å². The van der Waals surface area contributed by atoms with E-state index in [9.17, 15) is 8.42 Å². The fraction of sp³-hybridized carbons (Fsp3) is 0.632. The second kappa shape index (κ2) is 5.57. The Kier molecular flexibility index (Phi) is 3.74. The topological polar surface area (TPSA) is 70.0 Å². The predicted molar refractivity (Wildman–Crippen MR) is 91.5 cm³/mol. The lowest BCUT2D eigenvalue weighted by molar-refractivity contribution is -0.0666. The summed E-state index contributed by atoms with van der Waals surface area (Å²) >= 11 is 0. The molecule has 0 saturated heterocycles. The molecule has 4 aliphatic rings. The van der Waals surface area contributed by atoms with Gasteiger partial charge in [0.05, 0.1) is 16.5 Å². The number of nitrogens with zero attached hydrogens (tertiary/aromatic N) is 1. The van der Waals surface area contributed by atoms with Crippen LogP contribution in [0.5, 0.6) is 0 Å². The third kappa shape index (κ3) is 2.66. The van der Waals surface area contributed by atoms with Crippen molar-refractivity contribution in [2.75, 3.05) is 0 Å². The molecule has 0 radical (unpaired) electrons. The number of hydrogen-bond donors (Lipinski definition) is 1. The predicted octanol–water partition coefficient (Wildman–Crippen LogP) is 3.44. The van der Waals surface area contributed by atoms with Crippen LogP contribution in [-0.4, -0.2) is 14.5 Å². The molecule has 4 bridgehead atoms. The van der Waals surface area contributed by atoms with Crippen molar-refractivity contribution in [1.82, 2.24) is 4.72 Å². The molecular formula is C19H24N2O2S. The molecule has 5 rings (SSSR count). The zero-order valence-electron chi connectivity index (χ0n) is 14.0. The van der Waals surface area contributed by atoms with Crippen LogP contribution < -0.4 is 4.72 Å². The Morgan fingerprint density at radius 3 is 2.29 bits per heavy atom. The van der Waals surface area contributed by atoms with Gasteiger partial charge in [0, 0.05) is 6.04 Å². The fourth-order valence-electron chi connectivity index (χ4n) is 5.87. The van der Waals surface area contributed by atoms with Crippen molar-refractivity contribution in [2.45, 2.75) is 56.4 Å². The summed E-state index contributed by atoms with van der Waals surface area (Å²) in [5.41, 5.74) is 0.509. The Bertz CT molecular complexity index is 759. The molecule has 4 aliphatic carbocycles. The first-order valence-corrected chi connectivity index (χ1v) is 10.4. The zero-order chi connectivity index (χ0) is 16.9. The maximum Gasteiger partial charge on any atom is 0.240 e. The van der Waals surface area contributed by atoms with Crippen molar-refractivity contribution < 1.29 is 8.42 Å². The summed E-state index contributed by atoms with van der Waals surface area (Å²) in [6.07, 6.45) is 7.55. The SMILES string of the molecule is C[C@@H](NS(=O)(=O)c1cccc(C#N)c1)C12CC3CC(CC(C3)C1)C2. The molecule has 4 fully saturated rings. The van der Waals surface area contributed by atoms with Crippen molar-refractivity contribution in [2.24, 2.45) is 23.2 Å². The van der Waals surface area contributed by atoms with E-state index >= 15 is 0 Å². The van der Waals surface area contributed by atoms with Crippen LogP contribution in [0.3, 0.4) is 0 Å². The summed E-state index contributed by atoms with van der Waals surface area (Å²) in [5.74, 6) is 2.39. The first kappa shape index (κ1) is 16.1. The van der Waals surface area contributed by atoms with E-state index in [1.807, 2.05) is 13.0 Å². The molecule has 1 aromatic rings. The Labute approximate surface area is 144 Å². The highest BCUT2D eigenvalue weighted by Gasteiger charge is 2.53. The quantitative estimate of drug-likeness (QED) is 0.909. The van der Waals surface area contributed by atoms with Crippen molar-refractivity contribution >= 4 is 10.0 Å². The molecule has 0 amide bonds. The van der Waals surface area contributed by atoms with Gasteiger partial charge in [-0.15, -0.1) is 0 Å². The number of hydrogen-bond acceptors (Lipinski definition) is 3. The number of nitriles is 1.